The van der Waals surface area contributed by atoms with Crippen LogP contribution in [0, 0.1) is 12.7 Å². The van der Waals surface area contributed by atoms with Crippen LogP contribution < -0.4 is 5.32 Å². The highest BCUT2D eigenvalue weighted by molar-refractivity contribution is 5.50. The molecule has 2 nitrogen and oxygen atoms in total. The van der Waals surface area contributed by atoms with E-state index in [4.69, 9.17) is 4.74 Å². The van der Waals surface area contributed by atoms with Gasteiger partial charge in [-0.05, 0) is 37.5 Å². The van der Waals surface area contributed by atoms with E-state index in [0.717, 1.165) is 37.2 Å². The average molecular weight is 211 g/mol. The zero-order valence-electron chi connectivity index (χ0n) is 9.35. The van der Waals surface area contributed by atoms with E-state index >= 15 is 0 Å². The fraction of sp³-hybridized carbons (Fsp3) is 0.500. The van der Waals surface area contributed by atoms with Gasteiger partial charge in [0.05, 0.1) is 0 Å². The molecule has 0 unspecified atom stereocenters. The maximum atomic E-state index is 12.9. The summed E-state index contributed by atoms with van der Waals surface area (Å²) in [5.74, 6) is -0.194. The molecule has 0 aromatic heterocycles. The predicted octanol–water partition coefficient (Wildman–Crippen LogP) is 2.97. The number of anilines is 1. The first-order chi connectivity index (χ1) is 7.24. The van der Waals surface area contributed by atoms with Crippen molar-refractivity contribution >= 4 is 5.69 Å². The molecule has 0 saturated carbocycles. The van der Waals surface area contributed by atoms with E-state index < -0.39 is 0 Å². The van der Waals surface area contributed by atoms with Crippen LogP contribution in [0.1, 0.15) is 18.4 Å². The first-order valence-corrected chi connectivity index (χ1v) is 5.23. The van der Waals surface area contributed by atoms with E-state index in [0.29, 0.717) is 0 Å². The second-order valence-corrected chi connectivity index (χ2v) is 3.59. The lowest BCUT2D eigenvalue weighted by Crippen LogP contribution is -2.04. The van der Waals surface area contributed by atoms with Crippen molar-refractivity contribution in [1.82, 2.24) is 0 Å². The van der Waals surface area contributed by atoms with E-state index in [1.807, 2.05) is 6.92 Å². The van der Waals surface area contributed by atoms with Gasteiger partial charge in [-0.1, -0.05) is 6.07 Å². The van der Waals surface area contributed by atoms with Gasteiger partial charge in [-0.25, -0.2) is 4.39 Å². The fourth-order valence-electron chi connectivity index (χ4n) is 1.38. The van der Waals surface area contributed by atoms with Crippen molar-refractivity contribution in [3.63, 3.8) is 0 Å². The van der Waals surface area contributed by atoms with Crippen molar-refractivity contribution in [1.29, 1.82) is 0 Å². The molecule has 0 fully saturated rings. The molecule has 1 aromatic carbocycles. The Morgan fingerprint density at radius 3 is 2.87 bits per heavy atom. The highest BCUT2D eigenvalue weighted by Crippen LogP contribution is 2.15. The van der Waals surface area contributed by atoms with Crippen molar-refractivity contribution in [3.8, 4) is 0 Å². The maximum Gasteiger partial charge on any atom is 0.125 e. The van der Waals surface area contributed by atoms with E-state index in [-0.39, 0.29) is 5.82 Å². The van der Waals surface area contributed by atoms with Crippen LogP contribution in [-0.2, 0) is 4.74 Å². The highest BCUT2D eigenvalue weighted by Gasteiger charge is 1.98. The number of halogens is 1. The highest BCUT2D eigenvalue weighted by atomic mass is 19.1. The minimum Gasteiger partial charge on any atom is -0.385 e. The standard InChI is InChI=1S/C12H18FNO/c1-10-5-6-11(13)9-12(10)14-7-3-4-8-15-2/h5-6,9,14H,3-4,7-8H2,1-2H3. The van der Waals surface area contributed by atoms with Gasteiger partial charge in [0.25, 0.3) is 0 Å². The molecule has 0 aliphatic heterocycles. The summed E-state index contributed by atoms with van der Waals surface area (Å²) in [5, 5.41) is 3.22. The summed E-state index contributed by atoms with van der Waals surface area (Å²) in [4.78, 5) is 0. The molecule has 0 atom stereocenters. The Balaban J connectivity index is 2.33. The normalized spacial score (nSPS) is 10.3. The average Bonchev–Trinajstić information content (AvgIpc) is 2.23. The summed E-state index contributed by atoms with van der Waals surface area (Å²) in [6.45, 7) is 3.61. The number of aryl methyl sites for hydroxylation is 1. The van der Waals surface area contributed by atoms with Crippen LogP contribution in [0.4, 0.5) is 10.1 Å². The van der Waals surface area contributed by atoms with Crippen molar-refractivity contribution in [3.05, 3.63) is 29.6 Å². The topological polar surface area (TPSA) is 21.3 Å². The van der Waals surface area contributed by atoms with E-state index in [2.05, 4.69) is 5.32 Å². The molecule has 3 heteroatoms. The Labute approximate surface area is 90.4 Å². The van der Waals surface area contributed by atoms with E-state index in [1.54, 1.807) is 13.2 Å². The molecule has 0 spiro atoms. The quantitative estimate of drug-likeness (QED) is 0.730. The summed E-state index contributed by atoms with van der Waals surface area (Å²) in [5.41, 5.74) is 1.95. The lowest BCUT2D eigenvalue weighted by atomic mass is 10.2. The van der Waals surface area contributed by atoms with Gasteiger partial charge in [0.2, 0.25) is 0 Å². The molecule has 0 bridgehead atoms. The molecule has 0 saturated heterocycles. The van der Waals surface area contributed by atoms with E-state index in [9.17, 15) is 4.39 Å². The van der Waals surface area contributed by atoms with Crippen molar-refractivity contribution in [2.45, 2.75) is 19.8 Å². The molecule has 0 heterocycles. The Kier molecular flexibility index (Phi) is 5.12. The van der Waals surface area contributed by atoms with Crippen LogP contribution >= 0.6 is 0 Å². The summed E-state index contributed by atoms with van der Waals surface area (Å²) in [7, 11) is 1.70. The molecule has 0 amide bonds. The number of ether oxygens (including phenoxy) is 1. The number of hydrogen-bond donors (Lipinski definition) is 1. The zero-order chi connectivity index (χ0) is 11.1. The first-order valence-electron chi connectivity index (χ1n) is 5.23. The number of rotatable bonds is 6. The zero-order valence-corrected chi connectivity index (χ0v) is 9.35. The molecule has 15 heavy (non-hydrogen) atoms. The fourth-order valence-corrected chi connectivity index (χ4v) is 1.38. The van der Waals surface area contributed by atoms with Gasteiger partial charge >= 0.3 is 0 Å². The third-order valence-corrected chi connectivity index (χ3v) is 2.29. The maximum absolute atomic E-state index is 12.9. The molecule has 1 aromatic rings. The third kappa shape index (κ3) is 4.30. The lowest BCUT2D eigenvalue weighted by molar-refractivity contribution is 0.194. The summed E-state index contributed by atoms with van der Waals surface area (Å²) in [6.07, 6.45) is 2.06. The number of methoxy groups -OCH3 is 1. The van der Waals surface area contributed by atoms with Gasteiger partial charge in [-0.2, -0.15) is 0 Å². The van der Waals surface area contributed by atoms with Crippen LogP contribution in [0.5, 0.6) is 0 Å². The number of unbranched alkanes of at least 4 members (excludes halogenated alkanes) is 1. The minimum atomic E-state index is -0.194. The first kappa shape index (κ1) is 12.0. The second-order valence-electron chi connectivity index (χ2n) is 3.59. The molecule has 0 aliphatic carbocycles. The molecule has 0 aliphatic rings. The number of nitrogens with one attached hydrogen (secondary N) is 1. The van der Waals surface area contributed by atoms with Gasteiger partial charge in [0.15, 0.2) is 0 Å². The van der Waals surface area contributed by atoms with Gasteiger partial charge in [0.1, 0.15) is 5.82 Å². The van der Waals surface area contributed by atoms with Crippen molar-refractivity contribution < 1.29 is 9.13 Å². The Morgan fingerprint density at radius 2 is 2.13 bits per heavy atom. The van der Waals surface area contributed by atoms with Gasteiger partial charge < -0.3 is 10.1 Å². The Bertz CT molecular complexity index is 302. The van der Waals surface area contributed by atoms with Crippen LogP contribution in [0.25, 0.3) is 0 Å². The van der Waals surface area contributed by atoms with Gasteiger partial charge in [-0.3, -0.25) is 0 Å². The van der Waals surface area contributed by atoms with Crippen molar-refractivity contribution in [2.24, 2.45) is 0 Å². The van der Waals surface area contributed by atoms with Gasteiger partial charge in [0, 0.05) is 25.9 Å². The van der Waals surface area contributed by atoms with Crippen molar-refractivity contribution in [2.75, 3.05) is 25.6 Å². The summed E-state index contributed by atoms with van der Waals surface area (Å²) < 4.78 is 17.9. The Hall–Kier alpha value is -1.09. The lowest BCUT2D eigenvalue weighted by Gasteiger charge is -2.09. The van der Waals surface area contributed by atoms with Crippen LogP contribution in [0.15, 0.2) is 18.2 Å². The molecule has 84 valence electrons. The smallest absolute Gasteiger partial charge is 0.125 e. The Morgan fingerprint density at radius 1 is 1.33 bits per heavy atom. The van der Waals surface area contributed by atoms with E-state index in [1.165, 1.54) is 12.1 Å². The predicted molar refractivity (Wildman–Crippen MR) is 60.7 cm³/mol. The second kappa shape index (κ2) is 6.40. The molecule has 0 radical (unpaired) electrons. The monoisotopic (exact) mass is 211 g/mol. The number of hydrogen-bond acceptors (Lipinski definition) is 2. The minimum absolute atomic E-state index is 0.194. The molecular formula is C12H18FNO. The summed E-state index contributed by atoms with van der Waals surface area (Å²) >= 11 is 0. The third-order valence-electron chi connectivity index (χ3n) is 2.29. The molecule has 1 rings (SSSR count). The van der Waals surface area contributed by atoms with Crippen LogP contribution in [0.3, 0.4) is 0 Å². The summed E-state index contributed by atoms with van der Waals surface area (Å²) in [6, 6.07) is 4.80. The van der Waals surface area contributed by atoms with Gasteiger partial charge in [-0.15, -0.1) is 0 Å². The van der Waals surface area contributed by atoms with Crippen LogP contribution in [0.2, 0.25) is 0 Å². The largest absolute Gasteiger partial charge is 0.385 e. The molecule has 1 N–H and O–H groups in total. The molecular weight excluding hydrogens is 193 g/mol. The SMILES string of the molecule is COCCCCNc1cc(F)ccc1C. The van der Waals surface area contributed by atoms with Crippen LogP contribution in [-0.4, -0.2) is 20.3 Å². The number of benzene rings is 1.